The minimum atomic E-state index is -0.914. The van der Waals surface area contributed by atoms with Crippen molar-refractivity contribution in [2.45, 2.75) is 20.4 Å². The maximum Gasteiger partial charge on any atom is 0.287 e. The number of amides is 3. The summed E-state index contributed by atoms with van der Waals surface area (Å²) in [4.78, 5) is 51.0. The van der Waals surface area contributed by atoms with E-state index in [1.165, 1.54) is 28.4 Å². The highest BCUT2D eigenvalue weighted by atomic mass is 79.9. The van der Waals surface area contributed by atoms with Crippen LogP contribution in [0.15, 0.2) is 77.3 Å². The van der Waals surface area contributed by atoms with Gasteiger partial charge in [-0.15, -0.1) is 20.4 Å². The Kier molecular flexibility index (Phi) is 11.7. The lowest BCUT2D eigenvalue weighted by Gasteiger charge is -2.19. The number of hydrogen-bond donors (Lipinski definition) is 5. The van der Waals surface area contributed by atoms with Crippen molar-refractivity contribution in [3.05, 3.63) is 94.5 Å². The first kappa shape index (κ1) is 39.7. The first-order valence-corrected chi connectivity index (χ1v) is 18.1. The van der Waals surface area contributed by atoms with Gasteiger partial charge in [0.2, 0.25) is 11.6 Å². The molecule has 6 aromatic rings. The predicted molar refractivity (Wildman–Crippen MR) is 208 cm³/mol. The highest BCUT2D eigenvalue weighted by Crippen LogP contribution is 2.41. The van der Waals surface area contributed by atoms with Crippen molar-refractivity contribution in [1.82, 2.24) is 34.4 Å². The van der Waals surface area contributed by atoms with Gasteiger partial charge in [0.25, 0.3) is 17.7 Å². The third kappa shape index (κ3) is 8.05. The van der Waals surface area contributed by atoms with Crippen molar-refractivity contribution in [2.24, 2.45) is 11.5 Å². The number of carbonyl (C=O) groups is 3. The molecule has 19 heteroatoms. The predicted octanol–water partition coefficient (Wildman–Crippen LogP) is 4.44. The summed E-state index contributed by atoms with van der Waals surface area (Å²) >= 11 is 3.20. The van der Waals surface area contributed by atoms with E-state index in [-0.39, 0.29) is 81.0 Å². The molecule has 2 aromatic heterocycles. The molecule has 7 N–H and O–H groups in total. The Bertz CT molecular complexity index is 2460. The highest BCUT2D eigenvalue weighted by molar-refractivity contribution is 9.10. The van der Waals surface area contributed by atoms with Crippen LogP contribution in [0.2, 0.25) is 0 Å². The summed E-state index contributed by atoms with van der Waals surface area (Å²) in [5.41, 5.74) is 13.4. The number of phenols is 3. The third-order valence-electron chi connectivity index (χ3n) is 8.87. The average molecular weight is 843 g/mol. The molecule has 4 aromatic carbocycles. The van der Waals surface area contributed by atoms with Gasteiger partial charge in [0.05, 0.1) is 29.3 Å². The molecule has 0 aliphatic heterocycles. The van der Waals surface area contributed by atoms with Crippen LogP contribution in [0.5, 0.6) is 28.7 Å². The number of nitrogens with zero attached hydrogens (tertiary/aromatic N) is 7. The maximum absolute atomic E-state index is 13.0. The van der Waals surface area contributed by atoms with E-state index in [9.17, 15) is 29.7 Å². The van der Waals surface area contributed by atoms with Crippen LogP contribution in [0.25, 0.3) is 39.6 Å². The second-order valence-corrected chi connectivity index (χ2v) is 13.1. The van der Waals surface area contributed by atoms with Gasteiger partial charge in [-0.3, -0.25) is 19.0 Å². The molecular formula is C38H36BrN9O9. The SMILES string of the molecule is CCN(CC)C(=O)c1ccc(-c2cc(-c3nnc(C(N)=O)n3-c3ccc(OC)cc3)c(OOCCn3c(C(N)=O)nnc3-c3cc(Br)c(O)cc3O)cc2O)cc1. The Morgan fingerprint density at radius 1 is 0.754 bits per heavy atom. The normalized spacial score (nSPS) is 11.0. The van der Waals surface area contributed by atoms with Gasteiger partial charge in [-0.1, -0.05) is 12.1 Å². The van der Waals surface area contributed by atoms with E-state index < -0.39 is 11.8 Å². The fourth-order valence-electron chi connectivity index (χ4n) is 5.98. The van der Waals surface area contributed by atoms with Crippen LogP contribution >= 0.6 is 15.9 Å². The van der Waals surface area contributed by atoms with E-state index in [0.29, 0.717) is 41.2 Å². The van der Waals surface area contributed by atoms with Crippen LogP contribution in [0, 0.1) is 0 Å². The van der Waals surface area contributed by atoms with Crippen molar-refractivity contribution >= 4 is 33.7 Å². The molecular weight excluding hydrogens is 806 g/mol. The zero-order valence-electron chi connectivity index (χ0n) is 30.7. The number of methoxy groups -OCH3 is 1. The molecule has 0 atom stereocenters. The Morgan fingerprint density at radius 2 is 1.39 bits per heavy atom. The van der Waals surface area contributed by atoms with Crippen LogP contribution in [-0.4, -0.2) is 94.3 Å². The summed E-state index contributed by atoms with van der Waals surface area (Å²) in [5.74, 6) is -2.62. The van der Waals surface area contributed by atoms with E-state index >= 15 is 0 Å². The van der Waals surface area contributed by atoms with Gasteiger partial charge in [-0.2, -0.15) is 4.89 Å². The lowest BCUT2D eigenvalue weighted by molar-refractivity contribution is -0.208. The van der Waals surface area contributed by atoms with Crippen LogP contribution in [0.3, 0.4) is 0 Å². The summed E-state index contributed by atoms with van der Waals surface area (Å²) < 4.78 is 8.23. The summed E-state index contributed by atoms with van der Waals surface area (Å²) in [6.45, 7) is 4.46. The quantitative estimate of drug-likeness (QED) is 0.0545. The Labute approximate surface area is 332 Å². The molecule has 0 radical (unpaired) electrons. The van der Waals surface area contributed by atoms with Crippen LogP contribution in [0.1, 0.15) is 45.4 Å². The van der Waals surface area contributed by atoms with Gasteiger partial charge in [0, 0.05) is 42.0 Å². The summed E-state index contributed by atoms with van der Waals surface area (Å²) in [6, 6.07) is 18.7. The first-order chi connectivity index (χ1) is 27.4. The standard InChI is InChI=1S/C38H36BrN9O9/c1-4-46(5-2)38(54)21-8-6-20(7-9-21)24-16-26(35-43-45-37(33(41)53)48(35)22-10-12-23(55-3)13-11-22)31(19-29(24)50)57-56-15-14-47-34(42-44-36(47)32(40)52)25-17-27(39)30(51)18-28(25)49/h6-13,16-19,49-51H,4-5,14-15H2,1-3H3,(H2,40,52)(H2,41,53). The maximum atomic E-state index is 13.0. The van der Waals surface area contributed by atoms with Crippen LogP contribution < -0.4 is 21.1 Å². The van der Waals surface area contributed by atoms with Gasteiger partial charge in [0.1, 0.15) is 29.6 Å². The van der Waals surface area contributed by atoms with Crippen LogP contribution in [0.4, 0.5) is 0 Å². The minimum Gasteiger partial charge on any atom is -0.507 e. The van der Waals surface area contributed by atoms with Crippen molar-refractivity contribution < 1.29 is 44.2 Å². The van der Waals surface area contributed by atoms with Crippen molar-refractivity contribution in [1.29, 1.82) is 0 Å². The molecule has 6 rings (SSSR count). The molecule has 57 heavy (non-hydrogen) atoms. The fourth-order valence-corrected chi connectivity index (χ4v) is 6.33. The summed E-state index contributed by atoms with van der Waals surface area (Å²) in [6.07, 6.45) is 0. The molecule has 294 valence electrons. The number of rotatable bonds is 15. The third-order valence-corrected chi connectivity index (χ3v) is 9.51. The first-order valence-electron chi connectivity index (χ1n) is 17.3. The van der Waals surface area contributed by atoms with Gasteiger partial charge >= 0.3 is 0 Å². The molecule has 0 aliphatic rings. The Balaban J connectivity index is 1.39. The molecule has 0 saturated carbocycles. The average Bonchev–Trinajstić information content (AvgIpc) is 3.84. The molecule has 0 saturated heterocycles. The highest BCUT2D eigenvalue weighted by Gasteiger charge is 2.26. The Hall–Kier alpha value is -6.99. The number of phenolic OH excluding ortho intramolecular Hbond substituents is 3. The van der Waals surface area contributed by atoms with Crippen molar-refractivity contribution in [2.75, 3.05) is 26.8 Å². The smallest absolute Gasteiger partial charge is 0.287 e. The van der Waals surface area contributed by atoms with E-state index in [2.05, 4.69) is 36.3 Å². The number of benzene rings is 4. The molecule has 0 bridgehead atoms. The van der Waals surface area contributed by atoms with Gasteiger partial charge < -0.3 is 45.9 Å². The summed E-state index contributed by atoms with van der Waals surface area (Å²) in [7, 11) is 1.51. The molecule has 3 amide bonds. The Morgan fingerprint density at radius 3 is 2.02 bits per heavy atom. The zero-order valence-corrected chi connectivity index (χ0v) is 32.3. The number of primary amides is 2. The number of nitrogens with two attached hydrogens (primary N) is 2. The lowest BCUT2D eigenvalue weighted by Crippen LogP contribution is -2.30. The fraction of sp³-hybridized carbons (Fsp3) is 0.184. The van der Waals surface area contributed by atoms with Gasteiger partial charge in [0.15, 0.2) is 17.4 Å². The second-order valence-electron chi connectivity index (χ2n) is 12.3. The number of halogens is 1. The molecule has 0 spiro atoms. The molecule has 18 nitrogen and oxygen atoms in total. The molecule has 2 heterocycles. The second kappa shape index (κ2) is 16.8. The number of aromatic nitrogens is 6. The number of aromatic hydroxyl groups is 3. The zero-order chi connectivity index (χ0) is 41.0. The molecule has 0 unspecified atom stereocenters. The van der Waals surface area contributed by atoms with E-state index in [4.69, 9.17) is 26.0 Å². The lowest BCUT2D eigenvalue weighted by atomic mass is 9.99. The minimum absolute atomic E-state index is 0.0321. The number of hydrogen-bond acceptors (Lipinski definition) is 13. The van der Waals surface area contributed by atoms with E-state index in [1.807, 2.05) is 13.8 Å². The summed E-state index contributed by atoms with van der Waals surface area (Å²) in [5, 5.41) is 48.1. The number of ether oxygens (including phenoxy) is 1. The van der Waals surface area contributed by atoms with Gasteiger partial charge in [-0.25, -0.2) is 0 Å². The van der Waals surface area contributed by atoms with Crippen molar-refractivity contribution in [3.8, 4) is 68.3 Å². The largest absolute Gasteiger partial charge is 0.507 e. The topological polar surface area (TPSA) is 256 Å². The monoisotopic (exact) mass is 841 g/mol. The van der Waals surface area contributed by atoms with E-state index in [1.54, 1.807) is 59.5 Å². The number of carbonyl (C=O) groups excluding carboxylic acids is 3. The molecule has 0 fully saturated rings. The van der Waals surface area contributed by atoms with E-state index in [0.717, 1.165) is 6.07 Å². The molecule has 0 aliphatic carbocycles. The van der Waals surface area contributed by atoms with Gasteiger partial charge in [-0.05, 0) is 83.9 Å². The van der Waals surface area contributed by atoms with Crippen LogP contribution in [-0.2, 0) is 11.4 Å². The van der Waals surface area contributed by atoms with Crippen molar-refractivity contribution in [3.63, 3.8) is 0 Å².